The highest BCUT2D eigenvalue weighted by Crippen LogP contribution is 2.42. The molecule has 25 heavy (non-hydrogen) atoms. The van der Waals surface area contributed by atoms with Gasteiger partial charge in [0.25, 0.3) is 0 Å². The Labute approximate surface area is 150 Å². The van der Waals surface area contributed by atoms with Crippen LogP contribution < -0.4 is 5.73 Å². The van der Waals surface area contributed by atoms with Crippen LogP contribution in [-0.4, -0.2) is 48.2 Å². The maximum absolute atomic E-state index is 11.7. The lowest BCUT2D eigenvalue weighted by atomic mass is 9.63. The third-order valence-electron chi connectivity index (χ3n) is 3.87. The number of carboxylic acids is 1. The second kappa shape index (κ2) is 9.08. The number of ether oxygens (including phenoxy) is 1. The minimum Gasteiger partial charge on any atom is -0.481 e. The molecule has 0 aliphatic carbocycles. The van der Waals surface area contributed by atoms with Crippen molar-refractivity contribution in [3.8, 4) is 0 Å². The Morgan fingerprint density at radius 3 is 1.92 bits per heavy atom. The summed E-state index contributed by atoms with van der Waals surface area (Å²) in [6.07, 6.45) is 0.220. The van der Waals surface area contributed by atoms with Gasteiger partial charge >= 0.3 is 11.9 Å². The number of rotatable bonds is 8. The highest BCUT2D eigenvalue weighted by Gasteiger charge is 2.40. The zero-order valence-electron chi connectivity index (χ0n) is 16.3. The number of carboxylic acid groups (broad SMARTS) is 1. The number of nitrogens with two attached hydrogens (primary N) is 1. The van der Waals surface area contributed by atoms with Crippen LogP contribution in [0.2, 0.25) is 0 Å². The molecule has 0 spiro atoms. The Kier molecular flexibility index (Phi) is 8.44. The molecule has 1 unspecified atom stereocenters. The summed E-state index contributed by atoms with van der Waals surface area (Å²) in [7, 11) is 1.25. The van der Waals surface area contributed by atoms with Crippen molar-refractivity contribution in [1.82, 2.24) is 0 Å². The first-order valence-electron chi connectivity index (χ1n) is 8.31. The molecule has 0 aromatic rings. The third-order valence-corrected chi connectivity index (χ3v) is 3.87. The molecule has 0 rings (SSSR count). The van der Waals surface area contributed by atoms with Gasteiger partial charge in [-0.1, -0.05) is 41.5 Å². The molecule has 0 aromatic carbocycles. The number of aliphatic imine (C=N–C) groups is 1. The summed E-state index contributed by atoms with van der Waals surface area (Å²) >= 11 is 0. The molecule has 2 atom stereocenters. The lowest BCUT2D eigenvalue weighted by Gasteiger charge is -2.42. The predicted octanol–water partition coefficient (Wildman–Crippen LogP) is 2.07. The molecule has 3 N–H and O–H groups in total. The highest BCUT2D eigenvalue weighted by atomic mass is 16.5. The largest absolute Gasteiger partial charge is 0.481 e. The molecule has 0 saturated heterocycles. The van der Waals surface area contributed by atoms with Crippen LogP contribution in [0.1, 0.15) is 54.4 Å². The predicted molar refractivity (Wildman–Crippen MR) is 96.5 cm³/mol. The van der Waals surface area contributed by atoms with Crippen LogP contribution in [0.5, 0.6) is 0 Å². The Bertz CT molecular complexity index is 501. The lowest BCUT2D eigenvalue weighted by Crippen LogP contribution is -2.44. The van der Waals surface area contributed by atoms with Gasteiger partial charge < -0.3 is 20.4 Å². The third kappa shape index (κ3) is 7.77. The summed E-state index contributed by atoms with van der Waals surface area (Å²) < 4.78 is 4.68. The molecule has 0 bridgehead atoms. The first-order valence-corrected chi connectivity index (χ1v) is 8.31. The average molecular weight is 356 g/mol. The topological polar surface area (TPSA) is 119 Å². The molecule has 7 nitrogen and oxygen atoms in total. The number of aldehydes is 1. The van der Waals surface area contributed by atoms with E-state index in [4.69, 9.17) is 10.8 Å². The first kappa shape index (κ1) is 23.2. The SMILES string of the molecule is COC(=O)C(N)CC(=N[C@H](C=O)CC(=O)O)C(C(C)(C)C)C(C)(C)C. The van der Waals surface area contributed by atoms with E-state index in [0.717, 1.165) is 0 Å². The summed E-state index contributed by atoms with van der Waals surface area (Å²) in [5.41, 5.74) is 6.01. The molecular weight excluding hydrogens is 324 g/mol. The first-order chi connectivity index (χ1) is 11.2. The number of aliphatic carboxylic acids is 1. The van der Waals surface area contributed by atoms with E-state index >= 15 is 0 Å². The van der Waals surface area contributed by atoms with Crippen LogP contribution in [0.4, 0.5) is 0 Å². The van der Waals surface area contributed by atoms with Gasteiger partial charge in [0.1, 0.15) is 18.4 Å². The van der Waals surface area contributed by atoms with Crippen LogP contribution in [0.15, 0.2) is 4.99 Å². The maximum Gasteiger partial charge on any atom is 0.323 e. The van der Waals surface area contributed by atoms with Gasteiger partial charge in [-0.05, 0) is 10.8 Å². The van der Waals surface area contributed by atoms with E-state index in [-0.39, 0.29) is 23.2 Å². The average Bonchev–Trinajstić information content (AvgIpc) is 2.41. The van der Waals surface area contributed by atoms with Crippen molar-refractivity contribution in [2.75, 3.05) is 7.11 Å². The molecule has 0 aliphatic heterocycles. The molecule has 0 fully saturated rings. The van der Waals surface area contributed by atoms with Crippen molar-refractivity contribution in [3.63, 3.8) is 0 Å². The van der Waals surface area contributed by atoms with Crippen molar-refractivity contribution < 1.29 is 24.2 Å². The van der Waals surface area contributed by atoms with Crippen LogP contribution in [0, 0.1) is 16.7 Å². The zero-order chi connectivity index (χ0) is 20.0. The zero-order valence-corrected chi connectivity index (χ0v) is 16.3. The number of carbonyl (C=O) groups is 3. The molecule has 0 amide bonds. The number of methoxy groups -OCH3 is 1. The van der Waals surface area contributed by atoms with Gasteiger partial charge in [0, 0.05) is 18.1 Å². The highest BCUT2D eigenvalue weighted by molar-refractivity contribution is 5.93. The fourth-order valence-corrected chi connectivity index (χ4v) is 3.52. The van der Waals surface area contributed by atoms with Crippen LogP contribution in [0.25, 0.3) is 0 Å². The van der Waals surface area contributed by atoms with Gasteiger partial charge in [0.2, 0.25) is 0 Å². The Morgan fingerprint density at radius 2 is 1.60 bits per heavy atom. The second-order valence-corrected chi connectivity index (χ2v) is 8.42. The minimum absolute atomic E-state index is 0.107. The lowest BCUT2D eigenvalue weighted by molar-refractivity contribution is -0.142. The Hall–Kier alpha value is -1.76. The summed E-state index contributed by atoms with van der Waals surface area (Å²) in [5.74, 6) is -1.80. The van der Waals surface area contributed by atoms with Gasteiger partial charge in [-0.3, -0.25) is 14.6 Å². The molecule has 0 radical (unpaired) electrons. The van der Waals surface area contributed by atoms with E-state index in [2.05, 4.69) is 9.73 Å². The Morgan fingerprint density at radius 1 is 1.12 bits per heavy atom. The second-order valence-electron chi connectivity index (χ2n) is 8.42. The molecule has 0 aromatic heterocycles. The van der Waals surface area contributed by atoms with Crippen molar-refractivity contribution in [1.29, 1.82) is 0 Å². The molecular formula is C18H32N2O5. The fraction of sp³-hybridized carbons (Fsp3) is 0.778. The van der Waals surface area contributed by atoms with Crippen LogP contribution in [-0.2, 0) is 19.1 Å². The minimum atomic E-state index is -1.11. The molecule has 0 saturated carbocycles. The van der Waals surface area contributed by atoms with Crippen LogP contribution in [0.3, 0.4) is 0 Å². The van der Waals surface area contributed by atoms with E-state index in [9.17, 15) is 14.4 Å². The van der Waals surface area contributed by atoms with Crippen molar-refractivity contribution in [2.24, 2.45) is 27.5 Å². The number of esters is 1. The maximum atomic E-state index is 11.7. The van der Waals surface area contributed by atoms with E-state index in [1.165, 1.54) is 7.11 Å². The molecule has 144 valence electrons. The van der Waals surface area contributed by atoms with Crippen LogP contribution >= 0.6 is 0 Å². The normalized spacial score (nSPS) is 15.6. The summed E-state index contributed by atoms with van der Waals surface area (Å²) in [5, 5.41) is 8.97. The van der Waals surface area contributed by atoms with Crippen molar-refractivity contribution in [3.05, 3.63) is 0 Å². The van der Waals surface area contributed by atoms with Gasteiger partial charge in [0.05, 0.1) is 13.5 Å². The monoisotopic (exact) mass is 356 g/mol. The van der Waals surface area contributed by atoms with Crippen molar-refractivity contribution in [2.45, 2.75) is 66.5 Å². The van der Waals surface area contributed by atoms with Crippen molar-refractivity contribution >= 4 is 23.9 Å². The van der Waals surface area contributed by atoms with Gasteiger partial charge in [-0.25, -0.2) is 0 Å². The fourth-order valence-electron chi connectivity index (χ4n) is 3.52. The summed E-state index contributed by atoms with van der Waals surface area (Å²) in [4.78, 5) is 38.4. The van der Waals surface area contributed by atoms with E-state index < -0.39 is 30.4 Å². The Balaban J connectivity index is 6.06. The number of nitrogens with zero attached hydrogens (tertiary/aromatic N) is 1. The van der Waals surface area contributed by atoms with Gasteiger partial charge in [-0.15, -0.1) is 0 Å². The van der Waals surface area contributed by atoms with E-state index in [1.54, 1.807) is 0 Å². The van der Waals surface area contributed by atoms with E-state index in [1.807, 2.05) is 41.5 Å². The molecule has 7 heteroatoms. The standard InChI is InChI=1S/C18H32N2O5/c1-17(2,3)15(18(4,5)6)13(9-12(19)16(24)25-7)20-11(10-21)8-14(22)23/h10-12,15H,8-9,19H2,1-7H3,(H,22,23)/t11-,12?/m0/s1. The van der Waals surface area contributed by atoms with Gasteiger partial charge in [0.15, 0.2) is 0 Å². The molecule has 0 heterocycles. The number of hydrogen-bond donors (Lipinski definition) is 2. The molecule has 0 aliphatic rings. The smallest absolute Gasteiger partial charge is 0.323 e. The van der Waals surface area contributed by atoms with Gasteiger partial charge in [-0.2, -0.15) is 0 Å². The summed E-state index contributed by atoms with van der Waals surface area (Å²) in [6.45, 7) is 12.2. The van der Waals surface area contributed by atoms with E-state index in [0.29, 0.717) is 12.0 Å². The number of hydrogen-bond acceptors (Lipinski definition) is 6. The quantitative estimate of drug-likeness (QED) is 0.390. The number of carbonyl (C=O) groups excluding carboxylic acids is 2. The summed E-state index contributed by atoms with van der Waals surface area (Å²) in [6, 6.07) is -1.93.